The Balaban J connectivity index is 1.55. The van der Waals surface area contributed by atoms with Crippen LogP contribution in [0, 0.1) is 0 Å². The van der Waals surface area contributed by atoms with Crippen LogP contribution in [0.3, 0.4) is 0 Å². The minimum Gasteiger partial charge on any atom is -0.370 e. The maximum absolute atomic E-state index is 13.0. The van der Waals surface area contributed by atoms with Crippen LogP contribution in [-0.2, 0) is 4.79 Å². The van der Waals surface area contributed by atoms with E-state index in [9.17, 15) is 14.4 Å². The van der Waals surface area contributed by atoms with E-state index in [4.69, 9.17) is 34.7 Å². The van der Waals surface area contributed by atoms with Gasteiger partial charge in [-0.15, -0.1) is 0 Å². The largest absolute Gasteiger partial charge is 0.370 e. The highest BCUT2D eigenvalue weighted by Crippen LogP contribution is 2.26. The van der Waals surface area contributed by atoms with Crippen LogP contribution < -0.4 is 16.8 Å². The monoisotopic (exact) mass is 502 g/mol. The number of aromatic nitrogens is 2. The van der Waals surface area contributed by atoms with Crippen molar-refractivity contribution in [2.45, 2.75) is 31.3 Å². The molecule has 9 nitrogen and oxygen atoms in total. The van der Waals surface area contributed by atoms with Crippen LogP contribution in [0.1, 0.15) is 51.8 Å². The van der Waals surface area contributed by atoms with Gasteiger partial charge in [0.15, 0.2) is 0 Å². The smallest absolute Gasteiger partial charge is 0.255 e. The molecule has 0 spiro atoms. The lowest BCUT2D eigenvalue weighted by molar-refractivity contribution is -0.118. The van der Waals surface area contributed by atoms with Crippen LogP contribution in [0.15, 0.2) is 36.4 Å². The summed E-state index contributed by atoms with van der Waals surface area (Å²) in [6.45, 7) is 1.01. The van der Waals surface area contributed by atoms with E-state index in [0.717, 1.165) is 12.8 Å². The summed E-state index contributed by atoms with van der Waals surface area (Å²) in [5.41, 5.74) is 13.0. The van der Waals surface area contributed by atoms with Crippen molar-refractivity contribution in [3.63, 3.8) is 0 Å². The number of rotatable bonds is 7. The lowest BCUT2D eigenvalue weighted by Crippen LogP contribution is -2.40. The number of likely N-dealkylation sites (tertiary alicyclic amines) is 1. The van der Waals surface area contributed by atoms with E-state index < -0.39 is 17.9 Å². The van der Waals surface area contributed by atoms with Gasteiger partial charge in [0.2, 0.25) is 5.91 Å². The van der Waals surface area contributed by atoms with Gasteiger partial charge in [-0.2, -0.15) is 0 Å². The lowest BCUT2D eigenvalue weighted by atomic mass is 10.1. The summed E-state index contributed by atoms with van der Waals surface area (Å²) >= 11 is 12.4. The van der Waals surface area contributed by atoms with Gasteiger partial charge in [-0.1, -0.05) is 23.2 Å². The summed E-state index contributed by atoms with van der Waals surface area (Å²) in [6.07, 6.45) is 1.58. The Morgan fingerprint density at radius 3 is 2.71 bits per heavy atom. The molecule has 178 valence electrons. The van der Waals surface area contributed by atoms with E-state index in [2.05, 4.69) is 15.3 Å². The zero-order valence-electron chi connectivity index (χ0n) is 18.2. The van der Waals surface area contributed by atoms with Crippen molar-refractivity contribution in [3.8, 4) is 0 Å². The van der Waals surface area contributed by atoms with Gasteiger partial charge < -0.3 is 26.7 Å². The van der Waals surface area contributed by atoms with Crippen LogP contribution in [-0.4, -0.2) is 51.7 Å². The normalized spacial score (nSPS) is 16.6. The molecular formula is C23H24Cl2N6O3. The molecule has 34 heavy (non-hydrogen) atoms. The quantitative estimate of drug-likeness (QED) is 0.392. The molecule has 11 heteroatoms. The Bertz CT molecular complexity index is 1260. The van der Waals surface area contributed by atoms with Crippen molar-refractivity contribution in [2.75, 3.05) is 13.1 Å². The molecule has 1 aliphatic heterocycles. The third-order valence-electron chi connectivity index (χ3n) is 5.87. The Hall–Kier alpha value is -3.14. The zero-order chi connectivity index (χ0) is 24.4. The van der Waals surface area contributed by atoms with E-state index in [-0.39, 0.29) is 29.0 Å². The molecule has 2 unspecified atom stereocenters. The van der Waals surface area contributed by atoms with Crippen molar-refractivity contribution in [1.29, 1.82) is 0 Å². The first-order valence-electron chi connectivity index (χ1n) is 10.8. The number of carbonyl (C=O) groups excluding carboxylic acids is 3. The third kappa shape index (κ3) is 5.01. The number of nitrogens with one attached hydrogen (secondary N) is 2. The molecule has 0 radical (unpaired) electrons. The number of benzene rings is 2. The van der Waals surface area contributed by atoms with Crippen LogP contribution in [0.4, 0.5) is 0 Å². The van der Waals surface area contributed by atoms with Gasteiger partial charge in [0, 0.05) is 29.7 Å². The average Bonchev–Trinajstić information content (AvgIpc) is 3.44. The Labute approximate surface area is 205 Å². The van der Waals surface area contributed by atoms with Crippen molar-refractivity contribution in [2.24, 2.45) is 11.5 Å². The molecule has 3 aromatic rings. The number of fused-ring (bicyclic) bond motifs is 1. The molecule has 2 aromatic carbocycles. The van der Waals surface area contributed by atoms with Crippen LogP contribution in [0.25, 0.3) is 11.0 Å². The first-order chi connectivity index (χ1) is 16.3. The summed E-state index contributed by atoms with van der Waals surface area (Å²) < 4.78 is 0. The summed E-state index contributed by atoms with van der Waals surface area (Å²) in [4.78, 5) is 46.8. The zero-order valence-corrected chi connectivity index (χ0v) is 19.7. The second-order valence-corrected chi connectivity index (χ2v) is 9.05. The number of aromatic amines is 1. The highest BCUT2D eigenvalue weighted by atomic mass is 35.5. The molecule has 0 saturated carbocycles. The molecule has 6 N–H and O–H groups in total. The molecule has 0 bridgehead atoms. The number of imidazole rings is 1. The van der Waals surface area contributed by atoms with Crippen molar-refractivity contribution >= 4 is 52.0 Å². The fraction of sp³-hybridized carbons (Fsp3) is 0.304. The number of nitrogens with two attached hydrogens (primary N) is 2. The van der Waals surface area contributed by atoms with Crippen LogP contribution in [0.2, 0.25) is 10.0 Å². The Kier molecular flexibility index (Phi) is 7.06. The van der Waals surface area contributed by atoms with Gasteiger partial charge >= 0.3 is 0 Å². The van der Waals surface area contributed by atoms with Crippen molar-refractivity contribution < 1.29 is 14.4 Å². The fourth-order valence-corrected chi connectivity index (χ4v) is 4.59. The number of amides is 3. The predicted molar refractivity (Wildman–Crippen MR) is 130 cm³/mol. The summed E-state index contributed by atoms with van der Waals surface area (Å²) in [6, 6.07) is 8.77. The number of halogens is 2. The summed E-state index contributed by atoms with van der Waals surface area (Å²) in [5, 5.41) is 3.45. The molecule has 1 saturated heterocycles. The SMILES string of the molecule is NCC1CCCN1C(=O)c1ccc(C(=O)NC(CC(N)=O)c2nc3ccc(Cl)cc3[nH]2)cc1Cl. The Morgan fingerprint density at radius 2 is 2.00 bits per heavy atom. The minimum absolute atomic E-state index is 0.0141. The molecule has 0 aliphatic carbocycles. The summed E-state index contributed by atoms with van der Waals surface area (Å²) in [7, 11) is 0. The molecule has 1 fully saturated rings. The third-order valence-corrected chi connectivity index (χ3v) is 6.42. The standard InChI is InChI=1S/C23H24Cl2N6O3/c24-13-4-6-17-18(9-13)29-21(28-17)19(10-20(27)32)30-22(33)12-3-5-15(16(25)8-12)23(34)31-7-1-2-14(31)11-26/h3-6,8-9,14,19H,1-2,7,10-11,26H2,(H2,27,32)(H,28,29)(H,30,33). The number of carbonyl (C=O) groups is 3. The van der Waals surface area contributed by atoms with Crippen LogP contribution in [0.5, 0.6) is 0 Å². The van der Waals surface area contributed by atoms with E-state index in [0.29, 0.717) is 40.5 Å². The predicted octanol–water partition coefficient (Wildman–Crippen LogP) is 2.78. The number of nitrogens with zero attached hydrogens (tertiary/aromatic N) is 2. The van der Waals surface area contributed by atoms with Gasteiger partial charge in [-0.3, -0.25) is 14.4 Å². The fourth-order valence-electron chi connectivity index (χ4n) is 4.16. The molecule has 2 heterocycles. The minimum atomic E-state index is -0.800. The van der Waals surface area contributed by atoms with Gasteiger partial charge in [0.1, 0.15) is 5.82 Å². The second kappa shape index (κ2) is 10.0. The number of hydrogen-bond acceptors (Lipinski definition) is 5. The van der Waals surface area contributed by atoms with E-state index >= 15 is 0 Å². The molecule has 4 rings (SSSR count). The Morgan fingerprint density at radius 1 is 1.21 bits per heavy atom. The highest BCUT2D eigenvalue weighted by molar-refractivity contribution is 6.34. The number of primary amides is 1. The second-order valence-electron chi connectivity index (χ2n) is 8.20. The number of hydrogen-bond donors (Lipinski definition) is 4. The van der Waals surface area contributed by atoms with Crippen molar-refractivity contribution in [1.82, 2.24) is 20.2 Å². The van der Waals surface area contributed by atoms with E-state index in [1.165, 1.54) is 18.2 Å². The first kappa shape index (κ1) is 24.0. The lowest BCUT2D eigenvalue weighted by Gasteiger charge is -2.24. The summed E-state index contributed by atoms with van der Waals surface area (Å²) in [5.74, 6) is -0.948. The van der Waals surface area contributed by atoms with E-state index in [1.54, 1.807) is 23.1 Å². The maximum atomic E-state index is 13.0. The van der Waals surface area contributed by atoms with Crippen LogP contribution >= 0.6 is 23.2 Å². The molecular weight excluding hydrogens is 479 g/mol. The topological polar surface area (TPSA) is 147 Å². The van der Waals surface area contributed by atoms with Gasteiger partial charge in [0.25, 0.3) is 11.8 Å². The molecule has 3 amide bonds. The molecule has 1 aromatic heterocycles. The average molecular weight is 503 g/mol. The highest BCUT2D eigenvalue weighted by Gasteiger charge is 2.30. The van der Waals surface area contributed by atoms with Crippen molar-refractivity contribution in [3.05, 3.63) is 63.4 Å². The van der Waals surface area contributed by atoms with Gasteiger partial charge in [-0.25, -0.2) is 4.98 Å². The number of H-pyrrole nitrogens is 1. The van der Waals surface area contributed by atoms with Gasteiger partial charge in [-0.05, 0) is 49.2 Å². The maximum Gasteiger partial charge on any atom is 0.255 e. The molecule has 1 aliphatic rings. The molecule has 2 atom stereocenters. The van der Waals surface area contributed by atoms with Gasteiger partial charge in [0.05, 0.1) is 34.1 Å². The van der Waals surface area contributed by atoms with E-state index in [1.807, 2.05) is 0 Å². The first-order valence-corrected chi connectivity index (χ1v) is 11.6.